The van der Waals surface area contributed by atoms with Gasteiger partial charge in [-0.15, -0.1) is 11.3 Å². The van der Waals surface area contributed by atoms with Gasteiger partial charge in [-0.1, -0.05) is 42.7 Å². The lowest BCUT2D eigenvalue weighted by molar-refractivity contribution is -0.115. The number of nitrogens with zero attached hydrogens (tertiary/aromatic N) is 2. The molecule has 1 aliphatic rings. The summed E-state index contributed by atoms with van der Waals surface area (Å²) in [5, 5.41) is 11.4. The molecule has 3 N–H and O–H groups in total. The minimum absolute atomic E-state index is 0.137. The van der Waals surface area contributed by atoms with Crippen LogP contribution in [0, 0.1) is 0 Å². The van der Waals surface area contributed by atoms with Crippen molar-refractivity contribution in [2.24, 2.45) is 0 Å². The fraction of sp³-hybridized carbons (Fsp3) is 0.368. The standard InChI is InChI=1S/C19H21N5O2S2/c25-16(23-19-22-14-8-4-5-9-15(14)28-19)10-13-11-27-18(21-13)24-17(26)20-12-6-2-1-3-7-12/h4-5,8-9,11-12H,1-3,6-7,10H2,(H,22,23,25)(H2,20,21,24,26). The van der Waals surface area contributed by atoms with Crippen LogP contribution in [-0.4, -0.2) is 27.9 Å². The highest BCUT2D eigenvalue weighted by molar-refractivity contribution is 7.22. The zero-order chi connectivity index (χ0) is 19.3. The molecule has 2 aromatic heterocycles. The van der Waals surface area contributed by atoms with Gasteiger partial charge < -0.3 is 10.6 Å². The summed E-state index contributed by atoms with van der Waals surface area (Å²) in [7, 11) is 0. The first-order valence-electron chi connectivity index (χ1n) is 9.33. The van der Waals surface area contributed by atoms with E-state index in [-0.39, 0.29) is 24.4 Å². The maximum atomic E-state index is 12.3. The van der Waals surface area contributed by atoms with Gasteiger partial charge in [-0.25, -0.2) is 14.8 Å². The Kier molecular flexibility index (Phi) is 5.82. The fourth-order valence-corrected chi connectivity index (χ4v) is 4.85. The monoisotopic (exact) mass is 415 g/mol. The molecule has 0 radical (unpaired) electrons. The summed E-state index contributed by atoms with van der Waals surface area (Å²) >= 11 is 2.76. The van der Waals surface area contributed by atoms with Crippen LogP contribution in [-0.2, 0) is 11.2 Å². The summed E-state index contributed by atoms with van der Waals surface area (Å²) < 4.78 is 1.03. The second-order valence-electron chi connectivity index (χ2n) is 6.79. The number of hydrogen-bond donors (Lipinski definition) is 3. The molecule has 0 spiro atoms. The number of aromatic nitrogens is 2. The maximum absolute atomic E-state index is 12.3. The minimum Gasteiger partial charge on any atom is -0.335 e. The lowest BCUT2D eigenvalue weighted by Crippen LogP contribution is -2.39. The molecule has 7 nitrogen and oxygen atoms in total. The quantitative estimate of drug-likeness (QED) is 0.576. The molecular formula is C19H21N5O2S2. The van der Waals surface area contributed by atoms with Crippen LogP contribution in [0.2, 0.25) is 0 Å². The van der Waals surface area contributed by atoms with E-state index >= 15 is 0 Å². The average molecular weight is 416 g/mol. The summed E-state index contributed by atoms with van der Waals surface area (Å²) in [4.78, 5) is 33.1. The molecule has 0 bridgehead atoms. The zero-order valence-corrected chi connectivity index (χ0v) is 16.9. The number of urea groups is 1. The number of carbonyl (C=O) groups excluding carboxylic acids is 2. The molecule has 3 amide bonds. The maximum Gasteiger partial charge on any atom is 0.321 e. The SMILES string of the molecule is O=C(Cc1csc(NC(=O)NC2CCCCC2)n1)Nc1nc2ccccc2s1. The van der Waals surface area contributed by atoms with E-state index in [2.05, 4.69) is 25.9 Å². The molecule has 9 heteroatoms. The molecule has 0 unspecified atom stereocenters. The van der Waals surface area contributed by atoms with Crippen molar-refractivity contribution < 1.29 is 9.59 Å². The molecule has 1 fully saturated rings. The largest absolute Gasteiger partial charge is 0.335 e. The Labute approximate surface area is 170 Å². The number of benzene rings is 1. The Balaban J connectivity index is 1.28. The second kappa shape index (κ2) is 8.66. The lowest BCUT2D eigenvalue weighted by Gasteiger charge is -2.22. The molecule has 0 saturated heterocycles. The van der Waals surface area contributed by atoms with E-state index in [4.69, 9.17) is 0 Å². The number of rotatable bonds is 5. The molecule has 1 aliphatic carbocycles. The summed E-state index contributed by atoms with van der Waals surface area (Å²) in [6.07, 6.45) is 5.77. The van der Waals surface area contributed by atoms with Crippen LogP contribution in [0.25, 0.3) is 10.2 Å². The molecule has 2 heterocycles. The van der Waals surface area contributed by atoms with Crippen LogP contribution in [0.5, 0.6) is 0 Å². The number of para-hydroxylation sites is 1. The van der Waals surface area contributed by atoms with E-state index < -0.39 is 0 Å². The van der Waals surface area contributed by atoms with Crippen molar-refractivity contribution in [3.8, 4) is 0 Å². The topological polar surface area (TPSA) is 96.0 Å². The molecule has 28 heavy (non-hydrogen) atoms. The van der Waals surface area contributed by atoms with Crippen molar-refractivity contribution in [2.75, 3.05) is 10.6 Å². The third-order valence-corrected chi connectivity index (χ3v) is 6.35. The van der Waals surface area contributed by atoms with Crippen LogP contribution in [0.3, 0.4) is 0 Å². The molecule has 1 saturated carbocycles. The van der Waals surface area contributed by atoms with Crippen LogP contribution in [0.15, 0.2) is 29.6 Å². The van der Waals surface area contributed by atoms with Gasteiger partial charge in [-0.3, -0.25) is 10.1 Å². The van der Waals surface area contributed by atoms with E-state index in [0.717, 1.165) is 35.9 Å². The van der Waals surface area contributed by atoms with Crippen LogP contribution >= 0.6 is 22.7 Å². The number of amides is 3. The van der Waals surface area contributed by atoms with Crippen molar-refractivity contribution in [1.29, 1.82) is 0 Å². The van der Waals surface area contributed by atoms with Crippen molar-refractivity contribution in [3.05, 3.63) is 35.3 Å². The van der Waals surface area contributed by atoms with Gasteiger partial charge in [-0.2, -0.15) is 0 Å². The summed E-state index contributed by atoms with van der Waals surface area (Å²) in [5.41, 5.74) is 1.49. The summed E-state index contributed by atoms with van der Waals surface area (Å²) in [6, 6.07) is 7.76. The highest BCUT2D eigenvalue weighted by Crippen LogP contribution is 2.25. The predicted octanol–water partition coefficient (Wildman–Crippen LogP) is 4.39. The van der Waals surface area contributed by atoms with Gasteiger partial charge in [0.2, 0.25) is 5.91 Å². The van der Waals surface area contributed by atoms with Gasteiger partial charge in [0.05, 0.1) is 22.3 Å². The third kappa shape index (κ3) is 4.85. The number of carbonyl (C=O) groups is 2. The van der Waals surface area contributed by atoms with E-state index in [1.54, 1.807) is 5.38 Å². The van der Waals surface area contributed by atoms with Crippen LogP contribution in [0.1, 0.15) is 37.8 Å². The van der Waals surface area contributed by atoms with Gasteiger partial charge in [0.15, 0.2) is 10.3 Å². The summed E-state index contributed by atoms with van der Waals surface area (Å²) in [6.45, 7) is 0. The molecule has 0 aliphatic heterocycles. The van der Waals surface area contributed by atoms with E-state index in [9.17, 15) is 9.59 Å². The van der Waals surface area contributed by atoms with Crippen molar-refractivity contribution in [1.82, 2.24) is 15.3 Å². The Morgan fingerprint density at radius 3 is 2.68 bits per heavy atom. The van der Waals surface area contributed by atoms with E-state index in [1.165, 1.54) is 29.1 Å². The first-order valence-corrected chi connectivity index (χ1v) is 11.0. The second-order valence-corrected chi connectivity index (χ2v) is 8.68. The van der Waals surface area contributed by atoms with Crippen LogP contribution < -0.4 is 16.0 Å². The Morgan fingerprint density at radius 1 is 1.04 bits per heavy atom. The minimum atomic E-state index is -0.230. The normalized spacial score (nSPS) is 14.7. The fourth-order valence-electron chi connectivity index (χ4n) is 3.26. The third-order valence-electron chi connectivity index (χ3n) is 4.59. The van der Waals surface area contributed by atoms with Gasteiger partial charge in [-0.05, 0) is 25.0 Å². The highest BCUT2D eigenvalue weighted by Gasteiger charge is 2.17. The van der Waals surface area contributed by atoms with Gasteiger partial charge in [0.1, 0.15) is 0 Å². The number of anilines is 2. The molecule has 4 rings (SSSR count). The molecular weight excluding hydrogens is 394 g/mol. The van der Waals surface area contributed by atoms with Gasteiger partial charge >= 0.3 is 6.03 Å². The van der Waals surface area contributed by atoms with Crippen LogP contribution in [0.4, 0.5) is 15.1 Å². The number of thiazole rings is 2. The number of hydrogen-bond acceptors (Lipinski definition) is 6. The van der Waals surface area contributed by atoms with Crippen molar-refractivity contribution in [2.45, 2.75) is 44.6 Å². The molecule has 146 valence electrons. The first kappa shape index (κ1) is 18.8. The van der Waals surface area contributed by atoms with Crippen molar-refractivity contribution >= 4 is 55.1 Å². The highest BCUT2D eigenvalue weighted by atomic mass is 32.1. The average Bonchev–Trinajstić information content (AvgIpc) is 3.28. The van der Waals surface area contributed by atoms with E-state index in [1.807, 2.05) is 24.3 Å². The molecule has 1 aromatic carbocycles. The predicted molar refractivity (Wildman–Crippen MR) is 113 cm³/mol. The molecule has 3 aromatic rings. The number of fused-ring (bicyclic) bond motifs is 1. The lowest BCUT2D eigenvalue weighted by atomic mass is 9.96. The Morgan fingerprint density at radius 2 is 1.86 bits per heavy atom. The summed E-state index contributed by atoms with van der Waals surface area (Å²) in [5.74, 6) is -0.178. The smallest absolute Gasteiger partial charge is 0.321 e. The zero-order valence-electron chi connectivity index (χ0n) is 15.2. The van der Waals surface area contributed by atoms with E-state index in [0.29, 0.717) is 16.0 Å². The first-order chi connectivity index (χ1) is 13.7. The Hall–Kier alpha value is -2.52. The molecule has 0 atom stereocenters. The Bertz CT molecular complexity index is 945. The van der Waals surface area contributed by atoms with Gasteiger partial charge in [0, 0.05) is 11.4 Å². The van der Waals surface area contributed by atoms with Crippen molar-refractivity contribution in [3.63, 3.8) is 0 Å². The number of nitrogens with one attached hydrogen (secondary N) is 3. The van der Waals surface area contributed by atoms with Gasteiger partial charge in [0.25, 0.3) is 0 Å².